The molecule has 1 saturated heterocycles. The Labute approximate surface area is 82.9 Å². The van der Waals surface area contributed by atoms with Crippen molar-refractivity contribution in [2.24, 2.45) is 0 Å². The summed E-state index contributed by atoms with van der Waals surface area (Å²) < 4.78 is 4.75. The van der Waals surface area contributed by atoms with E-state index in [-0.39, 0.29) is 32.3 Å². The van der Waals surface area contributed by atoms with Crippen LogP contribution in [0.1, 0.15) is 0 Å². The van der Waals surface area contributed by atoms with Gasteiger partial charge < -0.3 is 14.7 Å². The minimum absolute atomic E-state index is 0. The summed E-state index contributed by atoms with van der Waals surface area (Å²) in [5, 5.41) is 8.63. The molecule has 0 spiro atoms. The van der Waals surface area contributed by atoms with Gasteiger partial charge in [0, 0.05) is 12.4 Å². The van der Waals surface area contributed by atoms with E-state index in [4.69, 9.17) is 21.4 Å². The third-order valence-electron chi connectivity index (χ3n) is 1.51. The predicted molar refractivity (Wildman–Crippen MR) is 50.0 cm³/mol. The number of carbonyl (C=O) groups excluding carboxylic acids is 1. The van der Waals surface area contributed by atoms with Crippen molar-refractivity contribution < 1.29 is 14.6 Å². The fraction of sp³-hybridized carbons (Fsp3) is 0.833. The fourth-order valence-electron chi connectivity index (χ4n) is 0.954. The van der Waals surface area contributed by atoms with Crippen LogP contribution in [-0.4, -0.2) is 47.8 Å². The Hall–Kier alpha value is -0.130. The summed E-state index contributed by atoms with van der Waals surface area (Å²) in [5.74, 6) is 0.396. The highest BCUT2D eigenvalue weighted by atomic mass is 35.5. The summed E-state index contributed by atoms with van der Waals surface area (Å²) >= 11 is 5.43. The Kier molecular flexibility index (Phi) is 5.44. The molecule has 72 valence electrons. The molecule has 1 atom stereocenters. The lowest BCUT2D eigenvalue weighted by Gasteiger charge is -2.08. The van der Waals surface area contributed by atoms with E-state index in [1.807, 2.05) is 0 Å². The maximum absolute atomic E-state index is 10.9. The van der Waals surface area contributed by atoms with Gasteiger partial charge in [0.05, 0.1) is 13.2 Å². The van der Waals surface area contributed by atoms with Crippen molar-refractivity contribution in [1.29, 1.82) is 0 Å². The van der Waals surface area contributed by atoms with E-state index < -0.39 is 0 Å². The first-order valence-electron chi connectivity index (χ1n) is 3.40. The molecule has 1 amide bonds. The van der Waals surface area contributed by atoms with Crippen LogP contribution in [0.3, 0.4) is 0 Å². The number of aliphatic hydroxyl groups is 1. The lowest BCUT2D eigenvalue weighted by Crippen LogP contribution is -2.27. The number of ether oxygens (including phenoxy) is 1. The molecule has 0 aromatic carbocycles. The SMILES string of the molecule is O=C1O[C@H](CO)CN1CCCl.S. The van der Waals surface area contributed by atoms with Crippen molar-refractivity contribution in [3.63, 3.8) is 0 Å². The molecule has 0 saturated carbocycles. The van der Waals surface area contributed by atoms with Crippen molar-refractivity contribution >= 4 is 31.2 Å². The average molecular weight is 214 g/mol. The normalized spacial score (nSPS) is 22.0. The van der Waals surface area contributed by atoms with E-state index in [1.54, 1.807) is 0 Å². The standard InChI is InChI=1S/C6H10ClNO3.H2S/c7-1-2-8-3-5(4-9)11-6(8)10;/h5,9H,1-4H2;1H2/t5-;/m0./s1. The Balaban J connectivity index is 0.00000121. The van der Waals surface area contributed by atoms with Crippen LogP contribution in [0.5, 0.6) is 0 Å². The van der Waals surface area contributed by atoms with E-state index in [1.165, 1.54) is 4.90 Å². The Morgan fingerprint density at radius 1 is 1.75 bits per heavy atom. The molecule has 0 aromatic rings. The maximum atomic E-state index is 10.9. The minimum Gasteiger partial charge on any atom is -0.442 e. The number of hydrogen-bond donors (Lipinski definition) is 1. The lowest BCUT2D eigenvalue weighted by molar-refractivity contribution is 0.0948. The van der Waals surface area contributed by atoms with Crippen LogP contribution in [0.25, 0.3) is 0 Å². The summed E-state index contributed by atoms with van der Waals surface area (Å²) in [6, 6.07) is 0. The molecule has 1 N–H and O–H groups in total. The number of rotatable bonds is 3. The molecule has 1 heterocycles. The number of nitrogens with zero attached hydrogens (tertiary/aromatic N) is 1. The molecule has 1 fully saturated rings. The molecule has 12 heavy (non-hydrogen) atoms. The molecule has 4 nitrogen and oxygen atoms in total. The van der Waals surface area contributed by atoms with E-state index in [9.17, 15) is 4.79 Å². The molecule has 0 radical (unpaired) electrons. The van der Waals surface area contributed by atoms with Gasteiger partial charge in [-0.2, -0.15) is 13.5 Å². The Bertz CT molecular complexity index is 158. The largest absolute Gasteiger partial charge is 0.442 e. The van der Waals surface area contributed by atoms with Crippen LogP contribution >= 0.6 is 25.1 Å². The van der Waals surface area contributed by atoms with Crippen LogP contribution in [0, 0.1) is 0 Å². The second-order valence-electron chi connectivity index (χ2n) is 2.32. The first-order valence-corrected chi connectivity index (χ1v) is 3.93. The number of amides is 1. The zero-order valence-electron chi connectivity index (χ0n) is 6.49. The average Bonchev–Trinajstić information content (AvgIpc) is 2.33. The molecule has 6 heteroatoms. The summed E-state index contributed by atoms with van der Waals surface area (Å²) in [4.78, 5) is 12.3. The number of aliphatic hydroxyl groups excluding tert-OH is 1. The van der Waals surface area contributed by atoms with Crippen molar-refractivity contribution in [2.75, 3.05) is 25.6 Å². The van der Waals surface area contributed by atoms with Gasteiger partial charge in [0.1, 0.15) is 6.10 Å². The van der Waals surface area contributed by atoms with Crippen molar-refractivity contribution in [3.8, 4) is 0 Å². The highest BCUT2D eigenvalue weighted by molar-refractivity contribution is 7.59. The Morgan fingerprint density at radius 2 is 2.42 bits per heavy atom. The van der Waals surface area contributed by atoms with Gasteiger partial charge in [0.25, 0.3) is 0 Å². The van der Waals surface area contributed by atoms with Gasteiger partial charge in [-0.25, -0.2) is 4.79 Å². The highest BCUT2D eigenvalue weighted by Crippen LogP contribution is 2.09. The number of alkyl halides is 1. The van der Waals surface area contributed by atoms with Gasteiger partial charge in [-0.1, -0.05) is 0 Å². The quantitative estimate of drug-likeness (QED) is 0.680. The first-order chi connectivity index (χ1) is 5.27. The van der Waals surface area contributed by atoms with Gasteiger partial charge in [-0.05, 0) is 0 Å². The lowest BCUT2D eigenvalue weighted by atomic mass is 10.4. The second-order valence-corrected chi connectivity index (χ2v) is 2.70. The molecule has 0 unspecified atom stereocenters. The second kappa shape index (κ2) is 5.50. The van der Waals surface area contributed by atoms with Crippen LogP contribution in [0.15, 0.2) is 0 Å². The fourth-order valence-corrected chi connectivity index (χ4v) is 1.16. The van der Waals surface area contributed by atoms with Gasteiger partial charge in [-0.15, -0.1) is 11.6 Å². The number of cyclic esters (lactones) is 1. The topological polar surface area (TPSA) is 49.8 Å². The van der Waals surface area contributed by atoms with Gasteiger partial charge >= 0.3 is 6.09 Å². The minimum atomic E-state index is -0.385. The van der Waals surface area contributed by atoms with E-state index >= 15 is 0 Å². The molecule has 1 aliphatic heterocycles. The monoisotopic (exact) mass is 213 g/mol. The Morgan fingerprint density at radius 3 is 2.83 bits per heavy atom. The van der Waals surface area contributed by atoms with Crippen LogP contribution in [0.4, 0.5) is 4.79 Å². The smallest absolute Gasteiger partial charge is 0.410 e. The molecular formula is C6H12ClNO3S. The number of halogens is 1. The van der Waals surface area contributed by atoms with Crippen molar-refractivity contribution in [2.45, 2.75) is 6.10 Å². The molecular weight excluding hydrogens is 202 g/mol. The third kappa shape index (κ3) is 2.73. The molecule has 1 aliphatic rings. The zero-order valence-corrected chi connectivity index (χ0v) is 8.25. The van der Waals surface area contributed by atoms with Crippen molar-refractivity contribution in [1.82, 2.24) is 4.90 Å². The first kappa shape index (κ1) is 11.9. The maximum Gasteiger partial charge on any atom is 0.410 e. The molecule has 0 aliphatic carbocycles. The number of hydrogen-bond acceptors (Lipinski definition) is 3. The van der Waals surface area contributed by atoms with E-state index in [0.717, 1.165) is 0 Å². The predicted octanol–water partition coefficient (Wildman–Crippen LogP) is 0.151. The molecule has 0 bridgehead atoms. The third-order valence-corrected chi connectivity index (χ3v) is 1.68. The summed E-state index contributed by atoms with van der Waals surface area (Å²) in [6.45, 7) is 0.809. The van der Waals surface area contributed by atoms with Crippen LogP contribution < -0.4 is 0 Å². The van der Waals surface area contributed by atoms with Crippen LogP contribution in [-0.2, 0) is 4.74 Å². The summed E-state index contributed by atoms with van der Waals surface area (Å²) in [5.41, 5.74) is 0. The highest BCUT2D eigenvalue weighted by Gasteiger charge is 2.29. The van der Waals surface area contributed by atoms with E-state index in [2.05, 4.69) is 0 Å². The zero-order chi connectivity index (χ0) is 8.27. The number of carbonyl (C=O) groups is 1. The van der Waals surface area contributed by atoms with Gasteiger partial charge in [0.2, 0.25) is 0 Å². The van der Waals surface area contributed by atoms with E-state index in [0.29, 0.717) is 19.0 Å². The van der Waals surface area contributed by atoms with Gasteiger partial charge in [0.15, 0.2) is 0 Å². The van der Waals surface area contributed by atoms with Crippen molar-refractivity contribution in [3.05, 3.63) is 0 Å². The molecule has 0 aromatic heterocycles. The van der Waals surface area contributed by atoms with Gasteiger partial charge in [-0.3, -0.25) is 0 Å². The van der Waals surface area contributed by atoms with Crippen LogP contribution in [0.2, 0.25) is 0 Å². The summed E-state index contributed by atoms with van der Waals surface area (Å²) in [7, 11) is 0. The molecule has 1 rings (SSSR count). The summed E-state index contributed by atoms with van der Waals surface area (Å²) in [6.07, 6.45) is -0.754.